The Balaban J connectivity index is 2.19. The molecule has 1 aromatic heterocycles. The second-order valence-corrected chi connectivity index (χ2v) is 4.87. The predicted molar refractivity (Wildman–Crippen MR) is 84.5 cm³/mol. The first-order valence-electron chi connectivity index (χ1n) is 7.19. The summed E-state index contributed by atoms with van der Waals surface area (Å²) in [6.45, 7) is 3.28. The van der Waals surface area contributed by atoms with Crippen LogP contribution in [0.4, 0.5) is 0 Å². The zero-order chi connectivity index (χ0) is 17.7. The summed E-state index contributed by atoms with van der Waals surface area (Å²) in [6, 6.07) is 4.24. The van der Waals surface area contributed by atoms with Gasteiger partial charge in [-0.05, 0) is 26.0 Å². The fourth-order valence-corrected chi connectivity index (χ4v) is 2.06. The average Bonchev–Trinajstić information content (AvgIpc) is 2.54. The van der Waals surface area contributed by atoms with Crippen LogP contribution in [0.25, 0.3) is 11.0 Å². The lowest BCUT2D eigenvalue weighted by Crippen LogP contribution is -2.07. The van der Waals surface area contributed by atoms with Crippen molar-refractivity contribution in [3.8, 4) is 5.75 Å². The molecule has 0 aliphatic carbocycles. The molecule has 2 aromatic rings. The smallest absolute Gasteiger partial charge is 0.336 e. The van der Waals surface area contributed by atoms with Gasteiger partial charge in [-0.15, -0.1) is 0 Å². The number of rotatable bonds is 5. The van der Waals surface area contributed by atoms with Gasteiger partial charge in [0, 0.05) is 34.7 Å². The fourth-order valence-electron chi connectivity index (χ4n) is 2.06. The van der Waals surface area contributed by atoms with E-state index in [9.17, 15) is 19.5 Å². The molecule has 0 amide bonds. The third kappa shape index (κ3) is 4.01. The quantitative estimate of drug-likeness (QED) is 0.507. The summed E-state index contributed by atoms with van der Waals surface area (Å²) in [5.74, 6) is -1.40. The maximum Gasteiger partial charge on any atom is 0.336 e. The van der Waals surface area contributed by atoms with Crippen molar-refractivity contribution in [2.75, 3.05) is 6.61 Å². The molecule has 0 radical (unpaired) electrons. The Kier molecular flexibility index (Phi) is 5.36. The lowest BCUT2D eigenvalue weighted by Gasteiger charge is -2.08. The van der Waals surface area contributed by atoms with E-state index in [4.69, 9.17) is 9.15 Å². The Morgan fingerprint density at radius 3 is 2.54 bits per heavy atom. The Hall–Kier alpha value is -3.09. The van der Waals surface area contributed by atoms with E-state index in [-0.39, 0.29) is 24.5 Å². The van der Waals surface area contributed by atoms with E-state index in [1.165, 1.54) is 12.1 Å². The molecule has 0 saturated carbocycles. The van der Waals surface area contributed by atoms with E-state index in [1.54, 1.807) is 19.9 Å². The first-order valence-corrected chi connectivity index (χ1v) is 7.19. The van der Waals surface area contributed by atoms with Crippen molar-refractivity contribution in [3.63, 3.8) is 0 Å². The van der Waals surface area contributed by atoms with Crippen molar-refractivity contribution < 1.29 is 28.6 Å². The van der Waals surface area contributed by atoms with Gasteiger partial charge >= 0.3 is 17.6 Å². The van der Waals surface area contributed by atoms with Crippen LogP contribution in [0.2, 0.25) is 0 Å². The first kappa shape index (κ1) is 17.3. The molecule has 0 aliphatic heterocycles. The molecule has 0 bridgehead atoms. The van der Waals surface area contributed by atoms with Gasteiger partial charge in [-0.1, -0.05) is 0 Å². The fraction of sp³-hybridized carbons (Fsp3) is 0.235. The van der Waals surface area contributed by atoms with E-state index >= 15 is 0 Å². The summed E-state index contributed by atoms with van der Waals surface area (Å²) in [7, 11) is 0. The highest BCUT2D eigenvalue weighted by atomic mass is 16.5. The Morgan fingerprint density at radius 1 is 1.21 bits per heavy atom. The first-order chi connectivity index (χ1) is 11.4. The van der Waals surface area contributed by atoms with Crippen LogP contribution in [-0.4, -0.2) is 23.7 Å². The number of phenolic OH excluding ortho intramolecular Hbond substituents is 1. The summed E-state index contributed by atoms with van der Waals surface area (Å²) >= 11 is 0. The number of carbonyl (C=O) groups is 2. The maximum atomic E-state index is 11.6. The number of fused-ring (bicyclic) bond motifs is 1. The van der Waals surface area contributed by atoms with Gasteiger partial charge < -0.3 is 19.0 Å². The average molecular weight is 332 g/mol. The summed E-state index contributed by atoms with van der Waals surface area (Å²) in [5.41, 5.74) is 0.460. The summed E-state index contributed by atoms with van der Waals surface area (Å²) in [6.07, 6.45) is 1.91. The van der Waals surface area contributed by atoms with E-state index in [1.807, 2.05) is 0 Å². The predicted octanol–water partition coefficient (Wildman–Crippen LogP) is 1.97. The number of hydrogen-bond acceptors (Lipinski definition) is 7. The summed E-state index contributed by atoms with van der Waals surface area (Å²) in [4.78, 5) is 34.4. The molecule has 0 aliphatic rings. The van der Waals surface area contributed by atoms with Crippen molar-refractivity contribution >= 4 is 22.9 Å². The molecular formula is C17H16O7. The summed E-state index contributed by atoms with van der Waals surface area (Å²) in [5, 5.41) is 10.2. The number of aryl methyl sites for hydroxylation is 1. The van der Waals surface area contributed by atoms with Gasteiger partial charge in [-0.3, -0.25) is 0 Å². The molecule has 0 atom stereocenters. The number of phenols is 1. The molecule has 126 valence electrons. The van der Waals surface area contributed by atoms with Crippen LogP contribution in [-0.2, 0) is 25.7 Å². The van der Waals surface area contributed by atoms with Crippen molar-refractivity contribution in [2.45, 2.75) is 20.5 Å². The van der Waals surface area contributed by atoms with Crippen LogP contribution >= 0.6 is 0 Å². The monoisotopic (exact) mass is 332 g/mol. The van der Waals surface area contributed by atoms with Gasteiger partial charge in [0.15, 0.2) is 0 Å². The van der Waals surface area contributed by atoms with Crippen LogP contribution in [0.3, 0.4) is 0 Å². The molecule has 1 aromatic carbocycles. The second-order valence-electron chi connectivity index (χ2n) is 4.87. The highest BCUT2D eigenvalue weighted by molar-refractivity contribution is 5.92. The zero-order valence-electron chi connectivity index (χ0n) is 13.2. The Labute approximate surface area is 137 Å². The normalized spacial score (nSPS) is 10.9. The molecule has 1 N–H and O–H groups in total. The van der Waals surface area contributed by atoms with Crippen molar-refractivity contribution in [1.29, 1.82) is 0 Å². The van der Waals surface area contributed by atoms with Crippen LogP contribution < -0.4 is 5.63 Å². The third-order valence-electron chi connectivity index (χ3n) is 3.23. The zero-order valence-corrected chi connectivity index (χ0v) is 13.2. The molecule has 0 fully saturated rings. The highest BCUT2D eigenvalue weighted by Gasteiger charge is 2.12. The molecule has 7 nitrogen and oxygen atoms in total. The van der Waals surface area contributed by atoms with E-state index in [0.717, 1.165) is 12.2 Å². The number of ether oxygens (including phenoxy) is 2. The Bertz CT molecular complexity index is 861. The van der Waals surface area contributed by atoms with Crippen LogP contribution in [0.1, 0.15) is 18.1 Å². The topological polar surface area (TPSA) is 103 Å². The molecule has 0 unspecified atom stereocenters. The lowest BCUT2D eigenvalue weighted by molar-refractivity contribution is -0.141. The molecular weight excluding hydrogens is 316 g/mol. The highest BCUT2D eigenvalue weighted by Crippen LogP contribution is 2.27. The molecule has 7 heteroatoms. The minimum atomic E-state index is -0.750. The maximum absolute atomic E-state index is 11.6. The number of aromatic hydroxyl groups is 1. The Morgan fingerprint density at radius 2 is 1.88 bits per heavy atom. The minimum Gasteiger partial charge on any atom is -0.508 e. The van der Waals surface area contributed by atoms with Crippen molar-refractivity contribution in [2.24, 2.45) is 0 Å². The van der Waals surface area contributed by atoms with Crippen LogP contribution in [0.5, 0.6) is 5.75 Å². The molecule has 1 heterocycles. The van der Waals surface area contributed by atoms with Crippen LogP contribution in [0.15, 0.2) is 39.6 Å². The van der Waals surface area contributed by atoms with Gasteiger partial charge in [0.05, 0.1) is 6.61 Å². The van der Waals surface area contributed by atoms with Crippen molar-refractivity contribution in [1.82, 2.24) is 0 Å². The van der Waals surface area contributed by atoms with E-state index in [0.29, 0.717) is 16.5 Å². The standard InChI is InChI=1S/C17H16O7/c1-3-22-14(19)6-7-15(20)23-9-11-8-16(21)24-17-10(2)13(18)5-4-12(11)17/h4-8,18H,3,9H2,1-2H3/b7-6+. The van der Waals surface area contributed by atoms with E-state index < -0.39 is 17.6 Å². The van der Waals surface area contributed by atoms with Gasteiger partial charge in [0.1, 0.15) is 17.9 Å². The van der Waals surface area contributed by atoms with Gasteiger partial charge in [-0.2, -0.15) is 0 Å². The third-order valence-corrected chi connectivity index (χ3v) is 3.23. The SMILES string of the molecule is CCOC(=O)/C=C/C(=O)OCc1cc(=O)oc2c(C)c(O)ccc12. The molecule has 0 saturated heterocycles. The van der Waals surface area contributed by atoms with Gasteiger partial charge in [-0.25, -0.2) is 14.4 Å². The van der Waals surface area contributed by atoms with Gasteiger partial charge in [0.2, 0.25) is 0 Å². The number of benzene rings is 1. The van der Waals surface area contributed by atoms with E-state index in [2.05, 4.69) is 4.74 Å². The van der Waals surface area contributed by atoms with Gasteiger partial charge in [0.25, 0.3) is 0 Å². The van der Waals surface area contributed by atoms with Crippen LogP contribution in [0, 0.1) is 6.92 Å². The largest absolute Gasteiger partial charge is 0.508 e. The second kappa shape index (κ2) is 7.45. The molecule has 24 heavy (non-hydrogen) atoms. The summed E-state index contributed by atoms with van der Waals surface area (Å²) < 4.78 is 14.8. The minimum absolute atomic E-state index is 0.00263. The lowest BCUT2D eigenvalue weighted by atomic mass is 10.1. The molecule has 0 spiro atoms. The molecule has 2 rings (SSSR count). The van der Waals surface area contributed by atoms with Crippen molar-refractivity contribution in [3.05, 3.63) is 51.9 Å². The number of hydrogen-bond donors (Lipinski definition) is 1. The number of esters is 2. The number of carbonyl (C=O) groups excluding carboxylic acids is 2.